The lowest BCUT2D eigenvalue weighted by atomic mass is 9.82. The van der Waals surface area contributed by atoms with Crippen molar-refractivity contribution >= 4 is 0 Å². The van der Waals surface area contributed by atoms with E-state index in [1.54, 1.807) is 0 Å². The predicted octanol–water partition coefficient (Wildman–Crippen LogP) is 4.08. The highest BCUT2D eigenvalue weighted by Gasteiger charge is 2.20. The molecular weight excluding hydrogens is 220 g/mol. The zero-order valence-electron chi connectivity index (χ0n) is 11.9. The minimum Gasteiger partial charge on any atom is -0.393 e. The van der Waals surface area contributed by atoms with Crippen LogP contribution in [0.25, 0.3) is 0 Å². The van der Waals surface area contributed by atoms with Crippen molar-refractivity contribution in [1.82, 2.24) is 0 Å². The van der Waals surface area contributed by atoms with Crippen LogP contribution in [0.15, 0.2) is 24.3 Å². The lowest BCUT2D eigenvalue weighted by Gasteiger charge is -2.26. The van der Waals surface area contributed by atoms with Crippen LogP contribution in [0.1, 0.15) is 57.6 Å². The summed E-state index contributed by atoms with van der Waals surface area (Å²) < 4.78 is 0. The van der Waals surface area contributed by atoms with Gasteiger partial charge in [-0.25, -0.2) is 0 Å². The van der Waals surface area contributed by atoms with Crippen molar-refractivity contribution in [1.29, 1.82) is 0 Å². The van der Waals surface area contributed by atoms with E-state index in [-0.39, 0.29) is 11.5 Å². The summed E-state index contributed by atoms with van der Waals surface area (Å²) in [5.41, 5.74) is 3.05. The summed E-state index contributed by atoms with van der Waals surface area (Å²) in [5, 5.41) is 9.71. The molecule has 0 aliphatic heterocycles. The van der Waals surface area contributed by atoms with Crippen molar-refractivity contribution < 1.29 is 5.11 Å². The molecule has 2 atom stereocenters. The van der Waals surface area contributed by atoms with Gasteiger partial charge >= 0.3 is 0 Å². The Hall–Kier alpha value is -0.820. The maximum Gasteiger partial charge on any atom is 0.0543 e. The second-order valence-electron chi connectivity index (χ2n) is 6.84. The third-order valence-electron chi connectivity index (χ3n) is 4.10. The second-order valence-corrected chi connectivity index (χ2v) is 6.84. The first-order valence-corrected chi connectivity index (χ1v) is 7.22. The van der Waals surface area contributed by atoms with Gasteiger partial charge in [0, 0.05) is 0 Å². The van der Waals surface area contributed by atoms with Gasteiger partial charge in [-0.3, -0.25) is 0 Å². The fourth-order valence-electron chi connectivity index (χ4n) is 2.92. The SMILES string of the molecule is CC(C)(C)c1ccc(CC2CCCC(O)C2)cc1. The first kappa shape index (κ1) is 13.6. The van der Waals surface area contributed by atoms with E-state index < -0.39 is 0 Å². The first-order valence-electron chi connectivity index (χ1n) is 7.22. The molecule has 1 heteroatoms. The van der Waals surface area contributed by atoms with Gasteiger partial charge in [-0.2, -0.15) is 0 Å². The van der Waals surface area contributed by atoms with Gasteiger partial charge < -0.3 is 5.11 Å². The zero-order valence-corrected chi connectivity index (χ0v) is 11.9. The van der Waals surface area contributed by atoms with Crippen LogP contribution in [0.3, 0.4) is 0 Å². The summed E-state index contributed by atoms with van der Waals surface area (Å²) in [6, 6.07) is 9.05. The van der Waals surface area contributed by atoms with E-state index in [2.05, 4.69) is 45.0 Å². The van der Waals surface area contributed by atoms with E-state index in [0.29, 0.717) is 5.92 Å². The Morgan fingerprint density at radius 3 is 2.33 bits per heavy atom. The molecule has 1 saturated carbocycles. The van der Waals surface area contributed by atoms with Gasteiger partial charge in [0.1, 0.15) is 0 Å². The molecular formula is C17H26O. The Kier molecular flexibility index (Phi) is 4.11. The van der Waals surface area contributed by atoms with Gasteiger partial charge in [-0.15, -0.1) is 0 Å². The Morgan fingerprint density at radius 1 is 1.11 bits per heavy atom. The van der Waals surface area contributed by atoms with E-state index in [9.17, 15) is 5.11 Å². The highest BCUT2D eigenvalue weighted by atomic mass is 16.3. The number of aliphatic hydroxyl groups excluding tert-OH is 1. The first-order chi connectivity index (χ1) is 8.45. The molecule has 1 nitrogen and oxygen atoms in total. The van der Waals surface area contributed by atoms with E-state index in [1.165, 1.54) is 24.0 Å². The van der Waals surface area contributed by atoms with Gasteiger partial charge in [0.2, 0.25) is 0 Å². The van der Waals surface area contributed by atoms with Crippen LogP contribution in [0.2, 0.25) is 0 Å². The van der Waals surface area contributed by atoms with Crippen LogP contribution in [0.5, 0.6) is 0 Å². The molecule has 1 aromatic carbocycles. The molecule has 1 aliphatic rings. The highest BCUT2D eigenvalue weighted by Crippen LogP contribution is 2.28. The van der Waals surface area contributed by atoms with Crippen LogP contribution in [-0.2, 0) is 11.8 Å². The van der Waals surface area contributed by atoms with E-state index in [0.717, 1.165) is 19.3 Å². The summed E-state index contributed by atoms with van der Waals surface area (Å²) in [4.78, 5) is 0. The van der Waals surface area contributed by atoms with Crippen molar-refractivity contribution in [3.8, 4) is 0 Å². The van der Waals surface area contributed by atoms with Gasteiger partial charge in [-0.05, 0) is 48.1 Å². The largest absolute Gasteiger partial charge is 0.393 e. The summed E-state index contributed by atoms with van der Waals surface area (Å²) in [6.07, 6.45) is 5.52. The van der Waals surface area contributed by atoms with Crippen LogP contribution >= 0.6 is 0 Å². The smallest absolute Gasteiger partial charge is 0.0543 e. The molecule has 2 unspecified atom stereocenters. The molecule has 0 saturated heterocycles. The fourth-order valence-corrected chi connectivity index (χ4v) is 2.92. The topological polar surface area (TPSA) is 20.2 Å². The van der Waals surface area contributed by atoms with Crippen molar-refractivity contribution in [3.63, 3.8) is 0 Å². The number of rotatable bonds is 2. The van der Waals surface area contributed by atoms with Crippen LogP contribution in [0, 0.1) is 5.92 Å². The monoisotopic (exact) mass is 246 g/mol. The average Bonchev–Trinajstić information content (AvgIpc) is 2.28. The molecule has 1 aromatic rings. The summed E-state index contributed by atoms with van der Waals surface area (Å²) in [6.45, 7) is 6.75. The van der Waals surface area contributed by atoms with Gasteiger partial charge in [0.15, 0.2) is 0 Å². The molecule has 0 heterocycles. The molecule has 0 radical (unpaired) electrons. The van der Waals surface area contributed by atoms with Crippen LogP contribution in [-0.4, -0.2) is 11.2 Å². The molecule has 1 fully saturated rings. The minimum atomic E-state index is -0.0578. The van der Waals surface area contributed by atoms with Gasteiger partial charge in [0.25, 0.3) is 0 Å². The zero-order chi connectivity index (χ0) is 13.2. The van der Waals surface area contributed by atoms with Gasteiger partial charge in [0.05, 0.1) is 6.10 Å². The third-order valence-corrected chi connectivity index (χ3v) is 4.10. The Balaban J connectivity index is 1.98. The maximum absolute atomic E-state index is 9.71. The average molecular weight is 246 g/mol. The molecule has 0 bridgehead atoms. The molecule has 2 rings (SSSR count). The Bertz CT molecular complexity index is 372. The summed E-state index contributed by atoms with van der Waals surface area (Å²) >= 11 is 0. The van der Waals surface area contributed by atoms with Crippen LogP contribution < -0.4 is 0 Å². The van der Waals surface area contributed by atoms with E-state index >= 15 is 0 Å². The number of hydrogen-bond acceptors (Lipinski definition) is 1. The minimum absolute atomic E-state index is 0.0578. The number of hydrogen-bond donors (Lipinski definition) is 1. The van der Waals surface area contributed by atoms with Crippen LogP contribution in [0.4, 0.5) is 0 Å². The van der Waals surface area contributed by atoms with E-state index in [4.69, 9.17) is 0 Å². The van der Waals surface area contributed by atoms with Gasteiger partial charge in [-0.1, -0.05) is 51.5 Å². The molecule has 18 heavy (non-hydrogen) atoms. The molecule has 1 aliphatic carbocycles. The summed E-state index contributed by atoms with van der Waals surface area (Å²) in [7, 11) is 0. The second kappa shape index (κ2) is 5.44. The molecule has 100 valence electrons. The normalized spacial score (nSPS) is 25.1. The van der Waals surface area contributed by atoms with Crippen molar-refractivity contribution in [2.45, 2.75) is 64.4 Å². The number of aliphatic hydroxyl groups is 1. The third kappa shape index (κ3) is 3.58. The lowest BCUT2D eigenvalue weighted by Crippen LogP contribution is -2.21. The molecule has 0 amide bonds. The van der Waals surface area contributed by atoms with Crippen molar-refractivity contribution in [3.05, 3.63) is 35.4 Å². The standard InChI is InChI=1S/C17H26O/c1-17(2,3)15-9-7-13(8-10-15)11-14-5-4-6-16(18)12-14/h7-10,14,16,18H,4-6,11-12H2,1-3H3. The van der Waals surface area contributed by atoms with Crippen molar-refractivity contribution in [2.24, 2.45) is 5.92 Å². The lowest BCUT2D eigenvalue weighted by molar-refractivity contribution is 0.101. The summed E-state index contributed by atoms with van der Waals surface area (Å²) in [5.74, 6) is 0.675. The molecule has 1 N–H and O–H groups in total. The van der Waals surface area contributed by atoms with Crippen molar-refractivity contribution in [2.75, 3.05) is 0 Å². The molecule has 0 aromatic heterocycles. The fraction of sp³-hybridized carbons (Fsp3) is 0.647. The maximum atomic E-state index is 9.71. The Morgan fingerprint density at radius 2 is 1.78 bits per heavy atom. The molecule has 0 spiro atoms. The number of benzene rings is 1. The quantitative estimate of drug-likeness (QED) is 0.833. The van der Waals surface area contributed by atoms with E-state index in [1.807, 2.05) is 0 Å². The Labute approximate surface area is 111 Å². The highest BCUT2D eigenvalue weighted by molar-refractivity contribution is 5.27. The predicted molar refractivity (Wildman–Crippen MR) is 76.8 cm³/mol.